The van der Waals surface area contributed by atoms with E-state index in [0.29, 0.717) is 29.0 Å². The lowest BCUT2D eigenvalue weighted by molar-refractivity contribution is -0.117. The van der Waals surface area contributed by atoms with Crippen LogP contribution in [-0.2, 0) is 16.1 Å². The third kappa shape index (κ3) is 3.51. The first-order valence-electron chi connectivity index (χ1n) is 11.6. The van der Waals surface area contributed by atoms with Gasteiger partial charge in [0.15, 0.2) is 0 Å². The van der Waals surface area contributed by atoms with Gasteiger partial charge in [-0.1, -0.05) is 30.8 Å². The maximum absolute atomic E-state index is 12.5. The van der Waals surface area contributed by atoms with Gasteiger partial charge >= 0.3 is 5.97 Å². The summed E-state index contributed by atoms with van der Waals surface area (Å²) in [6, 6.07) is 14.8. The summed E-state index contributed by atoms with van der Waals surface area (Å²) in [6.07, 6.45) is 4.46. The third-order valence-corrected chi connectivity index (χ3v) is 6.72. The summed E-state index contributed by atoms with van der Waals surface area (Å²) in [5, 5.41) is 4.65. The zero-order valence-corrected chi connectivity index (χ0v) is 19.9. The largest absolute Gasteiger partial charge is 0.465 e. The number of amides is 1. The van der Waals surface area contributed by atoms with E-state index in [1.165, 1.54) is 19.5 Å². The van der Waals surface area contributed by atoms with E-state index >= 15 is 0 Å². The lowest BCUT2D eigenvalue weighted by atomic mass is 9.89. The number of anilines is 1. The van der Waals surface area contributed by atoms with E-state index in [1.54, 1.807) is 18.3 Å². The normalized spacial score (nSPS) is 14.1. The fourth-order valence-corrected chi connectivity index (χ4v) is 5.08. The Morgan fingerprint density at radius 3 is 2.81 bits per heavy atom. The maximum atomic E-state index is 12.5. The second-order valence-corrected chi connectivity index (χ2v) is 8.77. The van der Waals surface area contributed by atoms with Crippen LogP contribution in [0.25, 0.3) is 44.3 Å². The molecule has 0 bridgehead atoms. The molecule has 0 radical (unpaired) electrons. The Bertz CT molecular complexity index is 1760. The van der Waals surface area contributed by atoms with Crippen molar-refractivity contribution in [3.05, 3.63) is 84.8 Å². The summed E-state index contributed by atoms with van der Waals surface area (Å²) in [6.45, 7) is 3.98. The van der Waals surface area contributed by atoms with Crippen LogP contribution in [-0.4, -0.2) is 38.5 Å². The van der Waals surface area contributed by atoms with Crippen molar-refractivity contribution in [2.45, 2.75) is 12.6 Å². The predicted molar refractivity (Wildman–Crippen MR) is 141 cm³/mol. The molecule has 3 aromatic heterocycles. The lowest BCUT2D eigenvalue weighted by Gasteiger charge is -2.29. The van der Waals surface area contributed by atoms with Crippen LogP contribution in [0.5, 0.6) is 0 Å². The molecule has 0 aliphatic carbocycles. The quantitative estimate of drug-likeness (QED) is 0.288. The Balaban J connectivity index is 1.70. The zero-order valence-electron chi connectivity index (χ0n) is 19.9. The average Bonchev–Trinajstić information content (AvgIpc) is 3.27. The number of ether oxygens (including phenoxy) is 1. The zero-order chi connectivity index (χ0) is 25.7. The van der Waals surface area contributed by atoms with Crippen molar-refractivity contribution in [3.63, 3.8) is 0 Å². The smallest absolute Gasteiger partial charge is 0.337 e. The van der Waals surface area contributed by atoms with Gasteiger partial charge in [-0.25, -0.2) is 14.8 Å². The van der Waals surface area contributed by atoms with E-state index in [1.807, 2.05) is 34.9 Å². The van der Waals surface area contributed by atoms with Crippen molar-refractivity contribution in [2.24, 2.45) is 0 Å². The number of nitrogens with two attached hydrogens (primary N) is 1. The SMILES string of the molecule is C=CC(=O)NC1Cn2c(c(-c3cnc4ccccc4c3)c3c(N)ncnc32)-c2cc(C(=O)OC)ccc21. The lowest BCUT2D eigenvalue weighted by Crippen LogP contribution is -2.33. The highest BCUT2D eigenvalue weighted by atomic mass is 16.5. The summed E-state index contributed by atoms with van der Waals surface area (Å²) in [7, 11) is 1.34. The van der Waals surface area contributed by atoms with Gasteiger partial charge < -0.3 is 20.4 Å². The minimum absolute atomic E-state index is 0.305. The highest BCUT2D eigenvalue weighted by Gasteiger charge is 2.33. The number of benzene rings is 2. The number of nitrogens with zero attached hydrogens (tertiary/aromatic N) is 4. The van der Waals surface area contributed by atoms with Gasteiger partial charge in [0.1, 0.15) is 17.8 Å². The summed E-state index contributed by atoms with van der Waals surface area (Å²) < 4.78 is 6.99. The highest BCUT2D eigenvalue weighted by molar-refractivity contribution is 6.09. The minimum atomic E-state index is -0.462. The molecular weight excluding hydrogens is 468 g/mol. The van der Waals surface area contributed by atoms with E-state index in [-0.39, 0.29) is 5.91 Å². The first-order valence-corrected chi connectivity index (χ1v) is 11.6. The molecule has 0 saturated heterocycles. The number of pyridine rings is 1. The number of hydrogen-bond donors (Lipinski definition) is 2. The van der Waals surface area contributed by atoms with Gasteiger partial charge in [0.25, 0.3) is 0 Å². The van der Waals surface area contributed by atoms with E-state index in [2.05, 4.69) is 32.9 Å². The molecule has 1 atom stereocenters. The number of carbonyl (C=O) groups is 2. The number of carbonyl (C=O) groups excluding carboxylic acids is 2. The molecule has 9 heteroatoms. The fourth-order valence-electron chi connectivity index (χ4n) is 5.08. The molecule has 1 aliphatic heterocycles. The predicted octanol–water partition coefficient (Wildman–Crippen LogP) is 4.04. The van der Waals surface area contributed by atoms with Crippen LogP contribution in [0.1, 0.15) is 22.0 Å². The van der Waals surface area contributed by atoms with E-state index in [9.17, 15) is 9.59 Å². The molecule has 1 amide bonds. The molecule has 37 heavy (non-hydrogen) atoms. The summed E-state index contributed by atoms with van der Waals surface area (Å²) in [5.41, 5.74) is 12.4. The van der Waals surface area contributed by atoms with Crippen molar-refractivity contribution in [1.29, 1.82) is 0 Å². The average molecular weight is 491 g/mol. The second kappa shape index (κ2) is 8.56. The Morgan fingerprint density at radius 1 is 1.16 bits per heavy atom. The number of esters is 1. The molecular formula is C28H22N6O3. The molecule has 0 saturated carbocycles. The van der Waals surface area contributed by atoms with Crippen molar-refractivity contribution in [1.82, 2.24) is 24.8 Å². The van der Waals surface area contributed by atoms with Crippen LogP contribution >= 0.6 is 0 Å². The topological polar surface area (TPSA) is 125 Å². The monoisotopic (exact) mass is 490 g/mol. The molecule has 6 rings (SSSR count). The first-order chi connectivity index (χ1) is 18.0. The Kier molecular flexibility index (Phi) is 5.19. The van der Waals surface area contributed by atoms with E-state index < -0.39 is 12.0 Å². The van der Waals surface area contributed by atoms with Crippen LogP contribution in [0.15, 0.2) is 73.7 Å². The van der Waals surface area contributed by atoms with Gasteiger partial charge in [-0.05, 0) is 35.9 Å². The Labute approximate surface area is 211 Å². The fraction of sp³-hybridized carbons (Fsp3) is 0.107. The number of nitrogens with one attached hydrogen (secondary N) is 1. The van der Waals surface area contributed by atoms with E-state index in [0.717, 1.165) is 38.9 Å². The highest BCUT2D eigenvalue weighted by Crippen LogP contribution is 2.47. The molecule has 0 spiro atoms. The van der Waals surface area contributed by atoms with Crippen molar-refractivity contribution >= 4 is 39.6 Å². The summed E-state index contributed by atoms with van der Waals surface area (Å²) in [4.78, 5) is 38.3. The van der Waals surface area contributed by atoms with Crippen LogP contribution in [0.4, 0.5) is 5.82 Å². The molecule has 9 nitrogen and oxygen atoms in total. The molecule has 182 valence electrons. The first kappa shape index (κ1) is 22.4. The molecule has 4 heterocycles. The number of fused-ring (bicyclic) bond motifs is 6. The van der Waals surface area contributed by atoms with Crippen molar-refractivity contribution < 1.29 is 14.3 Å². The molecule has 2 aromatic carbocycles. The third-order valence-electron chi connectivity index (χ3n) is 6.72. The molecule has 5 aromatic rings. The Morgan fingerprint density at radius 2 is 2.00 bits per heavy atom. The number of rotatable bonds is 4. The molecule has 3 N–H and O–H groups in total. The van der Waals surface area contributed by atoms with Gasteiger partial charge in [0.05, 0.1) is 35.3 Å². The van der Waals surface area contributed by atoms with E-state index in [4.69, 9.17) is 10.5 Å². The number of nitrogen functional groups attached to an aromatic ring is 1. The molecule has 0 fully saturated rings. The van der Waals surface area contributed by atoms with Gasteiger partial charge in [0, 0.05) is 34.8 Å². The van der Waals surface area contributed by atoms with Crippen molar-refractivity contribution in [2.75, 3.05) is 12.8 Å². The number of hydrogen-bond acceptors (Lipinski definition) is 7. The molecule has 1 aliphatic rings. The number of para-hydroxylation sites is 1. The summed E-state index contributed by atoms with van der Waals surface area (Å²) >= 11 is 0. The number of aromatic nitrogens is 4. The van der Waals surface area contributed by atoms with Crippen LogP contribution in [0, 0.1) is 0 Å². The van der Waals surface area contributed by atoms with Gasteiger partial charge in [-0.2, -0.15) is 0 Å². The van der Waals surface area contributed by atoms with Crippen LogP contribution in [0.2, 0.25) is 0 Å². The minimum Gasteiger partial charge on any atom is -0.465 e. The summed E-state index contributed by atoms with van der Waals surface area (Å²) in [5.74, 6) is -0.440. The number of methoxy groups -OCH3 is 1. The van der Waals surface area contributed by atoms with Gasteiger partial charge in [0.2, 0.25) is 5.91 Å². The maximum Gasteiger partial charge on any atom is 0.337 e. The van der Waals surface area contributed by atoms with Crippen LogP contribution < -0.4 is 11.1 Å². The van der Waals surface area contributed by atoms with Crippen LogP contribution in [0.3, 0.4) is 0 Å². The van der Waals surface area contributed by atoms with Gasteiger partial charge in [-0.3, -0.25) is 9.78 Å². The van der Waals surface area contributed by atoms with Crippen molar-refractivity contribution in [3.8, 4) is 22.4 Å². The Hall–Kier alpha value is -5.05. The standard InChI is InChI=1S/C28H22N6O3/c1-3-22(35)33-21-13-34-25(19-11-16(28(36)37-2)8-9-18(19)21)23(24-26(29)31-14-32-27(24)34)17-10-15-6-4-5-7-20(15)30-12-17/h3-12,14,21H,1,13H2,2H3,(H,33,35)(H2,29,31,32). The second-order valence-electron chi connectivity index (χ2n) is 8.77. The van der Waals surface area contributed by atoms with Gasteiger partial charge in [-0.15, -0.1) is 0 Å². The molecule has 1 unspecified atom stereocenters.